The number of hydrogen-bond donors (Lipinski definition) is 2. The van der Waals surface area contributed by atoms with Gasteiger partial charge in [0.05, 0.1) is 24.8 Å². The molecule has 0 heterocycles. The van der Waals surface area contributed by atoms with E-state index in [1.807, 2.05) is 0 Å². The van der Waals surface area contributed by atoms with Crippen molar-refractivity contribution in [2.24, 2.45) is 5.73 Å². The van der Waals surface area contributed by atoms with E-state index in [1.165, 1.54) is 26.2 Å². The van der Waals surface area contributed by atoms with Crippen molar-refractivity contribution in [1.82, 2.24) is 0 Å². The molecule has 0 aromatic heterocycles. The summed E-state index contributed by atoms with van der Waals surface area (Å²) in [6, 6.07) is 2.39. The summed E-state index contributed by atoms with van der Waals surface area (Å²) in [4.78, 5) is 0. The molecule has 3 nitrogen and oxygen atoms in total. The van der Waals surface area contributed by atoms with Crippen molar-refractivity contribution in [2.75, 3.05) is 7.11 Å². The van der Waals surface area contributed by atoms with Gasteiger partial charge in [-0.1, -0.05) is 6.07 Å². The minimum Gasteiger partial charge on any atom is -0.497 e. The predicted molar refractivity (Wildman–Crippen MR) is 63.9 cm³/mol. The number of ether oxygens (including phenoxy) is 1. The number of aliphatic hydroxyl groups is 1. The van der Waals surface area contributed by atoms with Crippen LogP contribution < -0.4 is 10.5 Å². The van der Waals surface area contributed by atoms with Gasteiger partial charge in [-0.25, -0.2) is 0 Å². The number of nitrogens with two attached hydrogens (primary N) is 1. The monoisotopic (exact) mass is 285 g/mol. The lowest BCUT2D eigenvalue weighted by molar-refractivity contribution is -0.138. The summed E-state index contributed by atoms with van der Waals surface area (Å²) >= 11 is 0. The second-order valence-electron chi connectivity index (χ2n) is 3.72. The molecule has 0 aliphatic carbocycles. The highest BCUT2D eigenvalue weighted by atomic mass is 35.5. The number of rotatable bonds is 3. The molecule has 0 aliphatic rings. The Kier molecular flexibility index (Phi) is 5.92. The SMILES string of the molecule is COc1ccc([C@H](N)[C@@H](C)O)c(C(F)(F)F)c1.Cl. The molecule has 0 fully saturated rings. The lowest BCUT2D eigenvalue weighted by Gasteiger charge is -2.21. The van der Waals surface area contributed by atoms with Gasteiger partial charge in [-0.05, 0) is 24.6 Å². The zero-order chi connectivity index (χ0) is 13.2. The topological polar surface area (TPSA) is 55.5 Å². The molecular formula is C11H15ClF3NO2. The molecule has 7 heteroatoms. The quantitative estimate of drug-likeness (QED) is 0.897. The Morgan fingerprint density at radius 1 is 1.33 bits per heavy atom. The van der Waals surface area contributed by atoms with Gasteiger partial charge in [0, 0.05) is 0 Å². The second kappa shape index (κ2) is 6.26. The molecule has 0 saturated heterocycles. The molecule has 0 unspecified atom stereocenters. The molecule has 0 aliphatic heterocycles. The average Bonchev–Trinajstić information content (AvgIpc) is 2.26. The van der Waals surface area contributed by atoms with Crippen LogP contribution in [-0.2, 0) is 6.18 Å². The van der Waals surface area contributed by atoms with E-state index in [4.69, 9.17) is 10.5 Å². The number of aliphatic hydroxyl groups excluding tert-OH is 1. The van der Waals surface area contributed by atoms with Gasteiger partial charge in [0.25, 0.3) is 0 Å². The summed E-state index contributed by atoms with van der Waals surface area (Å²) < 4.78 is 43.1. The van der Waals surface area contributed by atoms with Crippen LogP contribution in [0.4, 0.5) is 13.2 Å². The first-order chi connectivity index (χ1) is 7.77. The van der Waals surface area contributed by atoms with Crippen LogP contribution >= 0.6 is 12.4 Å². The Balaban J connectivity index is 0.00000289. The Bertz CT molecular complexity index is 396. The molecule has 0 saturated carbocycles. The molecule has 0 amide bonds. The van der Waals surface area contributed by atoms with Crippen LogP contribution in [0, 0.1) is 0 Å². The Morgan fingerprint density at radius 3 is 2.28 bits per heavy atom. The summed E-state index contributed by atoms with van der Waals surface area (Å²) in [5, 5.41) is 9.27. The smallest absolute Gasteiger partial charge is 0.416 e. The van der Waals surface area contributed by atoms with Crippen LogP contribution in [0.5, 0.6) is 5.75 Å². The largest absolute Gasteiger partial charge is 0.497 e. The van der Waals surface area contributed by atoms with Crippen molar-refractivity contribution < 1.29 is 23.0 Å². The standard InChI is InChI=1S/C11H14F3NO2.ClH/c1-6(16)10(15)8-4-3-7(17-2)5-9(8)11(12,13)14;/h3-6,10,16H,15H2,1-2H3;1H/t6-,10-;/m1./s1. The molecule has 0 bridgehead atoms. The molecule has 1 aromatic rings. The van der Waals surface area contributed by atoms with Crippen LogP contribution in [0.15, 0.2) is 18.2 Å². The van der Waals surface area contributed by atoms with Crippen LogP contribution in [0.2, 0.25) is 0 Å². The highest BCUT2D eigenvalue weighted by molar-refractivity contribution is 5.85. The summed E-state index contributed by atoms with van der Waals surface area (Å²) in [5.74, 6) is 0.0962. The van der Waals surface area contributed by atoms with Crippen molar-refractivity contribution in [3.63, 3.8) is 0 Å². The highest BCUT2D eigenvalue weighted by Gasteiger charge is 2.35. The van der Waals surface area contributed by atoms with Gasteiger partial charge in [-0.2, -0.15) is 13.2 Å². The molecule has 0 spiro atoms. The minimum atomic E-state index is -4.53. The number of benzene rings is 1. The average molecular weight is 286 g/mol. The van der Waals surface area contributed by atoms with Crippen molar-refractivity contribution in [1.29, 1.82) is 0 Å². The van der Waals surface area contributed by atoms with Crippen molar-refractivity contribution >= 4 is 12.4 Å². The van der Waals surface area contributed by atoms with Gasteiger partial charge in [0.2, 0.25) is 0 Å². The molecule has 104 valence electrons. The first-order valence-corrected chi connectivity index (χ1v) is 4.96. The number of methoxy groups -OCH3 is 1. The molecule has 3 N–H and O–H groups in total. The van der Waals surface area contributed by atoms with Gasteiger partial charge in [-0.3, -0.25) is 0 Å². The van der Waals surface area contributed by atoms with Gasteiger partial charge in [-0.15, -0.1) is 12.4 Å². The molecule has 0 radical (unpaired) electrons. The van der Waals surface area contributed by atoms with E-state index < -0.39 is 23.9 Å². The fourth-order valence-electron chi connectivity index (χ4n) is 1.46. The maximum Gasteiger partial charge on any atom is 0.416 e. The number of alkyl halides is 3. The highest BCUT2D eigenvalue weighted by Crippen LogP contribution is 2.36. The summed E-state index contributed by atoms with van der Waals surface area (Å²) in [7, 11) is 1.28. The van der Waals surface area contributed by atoms with E-state index in [9.17, 15) is 18.3 Å². The third-order valence-electron chi connectivity index (χ3n) is 2.44. The number of hydrogen-bond acceptors (Lipinski definition) is 3. The fourth-order valence-corrected chi connectivity index (χ4v) is 1.46. The van der Waals surface area contributed by atoms with Crippen molar-refractivity contribution in [2.45, 2.75) is 25.2 Å². The van der Waals surface area contributed by atoms with E-state index in [-0.39, 0.29) is 23.7 Å². The van der Waals surface area contributed by atoms with E-state index in [1.54, 1.807) is 0 Å². The van der Waals surface area contributed by atoms with Gasteiger partial charge in [0.15, 0.2) is 0 Å². The van der Waals surface area contributed by atoms with Gasteiger partial charge >= 0.3 is 6.18 Å². The van der Waals surface area contributed by atoms with E-state index in [0.29, 0.717) is 0 Å². The van der Waals surface area contributed by atoms with Gasteiger partial charge in [0.1, 0.15) is 5.75 Å². The first-order valence-electron chi connectivity index (χ1n) is 4.96. The first kappa shape index (κ1) is 17.0. The summed E-state index contributed by atoms with van der Waals surface area (Å²) in [5.41, 5.74) is 4.51. The Labute approximate surface area is 109 Å². The van der Waals surface area contributed by atoms with E-state index >= 15 is 0 Å². The molecule has 18 heavy (non-hydrogen) atoms. The molecular weight excluding hydrogens is 271 g/mol. The maximum absolute atomic E-state index is 12.8. The van der Waals surface area contributed by atoms with Crippen LogP contribution in [0.1, 0.15) is 24.1 Å². The zero-order valence-corrected chi connectivity index (χ0v) is 10.7. The Morgan fingerprint density at radius 2 is 1.89 bits per heavy atom. The summed E-state index contributed by atoms with van der Waals surface area (Å²) in [6.07, 6.45) is -5.60. The van der Waals surface area contributed by atoms with Crippen LogP contribution in [0.3, 0.4) is 0 Å². The number of halogens is 4. The van der Waals surface area contributed by atoms with E-state index in [0.717, 1.165) is 6.07 Å². The second-order valence-corrected chi connectivity index (χ2v) is 3.72. The van der Waals surface area contributed by atoms with Crippen molar-refractivity contribution in [3.8, 4) is 5.75 Å². The third-order valence-corrected chi connectivity index (χ3v) is 2.44. The van der Waals surface area contributed by atoms with Crippen LogP contribution in [-0.4, -0.2) is 18.3 Å². The molecule has 1 aromatic carbocycles. The molecule has 2 atom stereocenters. The fraction of sp³-hybridized carbons (Fsp3) is 0.455. The van der Waals surface area contributed by atoms with Crippen LogP contribution in [0.25, 0.3) is 0 Å². The zero-order valence-electron chi connectivity index (χ0n) is 9.86. The Hall–Kier alpha value is -0.980. The summed E-state index contributed by atoms with van der Waals surface area (Å²) in [6.45, 7) is 1.34. The van der Waals surface area contributed by atoms with Gasteiger partial charge < -0.3 is 15.6 Å². The predicted octanol–water partition coefficient (Wildman–Crippen LogP) is 2.52. The lowest BCUT2D eigenvalue weighted by Crippen LogP contribution is -2.26. The lowest BCUT2D eigenvalue weighted by atomic mass is 9.97. The van der Waals surface area contributed by atoms with E-state index in [2.05, 4.69) is 0 Å². The normalized spacial score (nSPS) is 14.6. The molecule has 1 rings (SSSR count). The van der Waals surface area contributed by atoms with Crippen molar-refractivity contribution in [3.05, 3.63) is 29.3 Å². The third kappa shape index (κ3) is 3.76. The minimum absolute atomic E-state index is 0. The maximum atomic E-state index is 12.8.